The zero-order chi connectivity index (χ0) is 11.4. The molecule has 4 heteroatoms. The van der Waals surface area contributed by atoms with E-state index in [0.717, 1.165) is 15.8 Å². The summed E-state index contributed by atoms with van der Waals surface area (Å²) >= 11 is 8.39. The van der Waals surface area contributed by atoms with Gasteiger partial charge in [0.2, 0.25) is 0 Å². The van der Waals surface area contributed by atoms with E-state index in [2.05, 4.69) is 29.8 Å². The smallest absolute Gasteiger partial charge is 0.130 e. The quantitative estimate of drug-likeness (QED) is 0.865. The van der Waals surface area contributed by atoms with Crippen LogP contribution in [-0.2, 0) is 0 Å². The van der Waals surface area contributed by atoms with Crippen LogP contribution in [0.25, 0.3) is 0 Å². The molecule has 0 saturated carbocycles. The second-order valence-electron chi connectivity index (χ2n) is 3.68. The van der Waals surface area contributed by atoms with Gasteiger partial charge in [0.05, 0.1) is 12.2 Å². The second-order valence-corrected chi connectivity index (χ2v) is 4.98. The first-order chi connectivity index (χ1) is 7.02. The van der Waals surface area contributed by atoms with Crippen molar-refractivity contribution in [3.05, 3.63) is 28.2 Å². The van der Waals surface area contributed by atoms with E-state index in [1.54, 1.807) is 0 Å². The van der Waals surface area contributed by atoms with Gasteiger partial charge in [-0.25, -0.2) is 0 Å². The zero-order valence-electron chi connectivity index (χ0n) is 8.79. The van der Waals surface area contributed by atoms with E-state index < -0.39 is 0 Å². The van der Waals surface area contributed by atoms with Crippen molar-refractivity contribution in [3.63, 3.8) is 0 Å². The Morgan fingerprint density at radius 1 is 1.53 bits per heavy atom. The van der Waals surface area contributed by atoms with E-state index in [4.69, 9.17) is 22.7 Å². The van der Waals surface area contributed by atoms with E-state index in [0.29, 0.717) is 17.5 Å². The monoisotopic (exact) mass is 287 g/mol. The molecule has 0 heterocycles. The summed E-state index contributed by atoms with van der Waals surface area (Å²) < 4.78 is 6.51. The fraction of sp³-hybridized carbons (Fsp3) is 0.364. The molecule has 0 radical (unpaired) electrons. The van der Waals surface area contributed by atoms with E-state index in [1.165, 1.54) is 0 Å². The van der Waals surface area contributed by atoms with Gasteiger partial charge in [-0.15, -0.1) is 0 Å². The Morgan fingerprint density at radius 2 is 2.20 bits per heavy atom. The maximum Gasteiger partial charge on any atom is 0.130 e. The van der Waals surface area contributed by atoms with Gasteiger partial charge >= 0.3 is 0 Å². The first-order valence-corrected chi connectivity index (χ1v) is 5.93. The standard InChI is InChI=1S/C11H14BrNOS/c1-7(2)6-14-9-5-3-4-8(12)10(9)11(13)15/h3-5,7H,6H2,1-2H3,(H2,13,15). The lowest BCUT2D eigenvalue weighted by atomic mass is 10.2. The van der Waals surface area contributed by atoms with Gasteiger partial charge in [0, 0.05) is 4.47 Å². The van der Waals surface area contributed by atoms with Gasteiger partial charge in [-0.2, -0.15) is 0 Å². The van der Waals surface area contributed by atoms with Gasteiger partial charge < -0.3 is 10.5 Å². The molecule has 0 saturated heterocycles. The average Bonchev–Trinajstić information content (AvgIpc) is 2.13. The van der Waals surface area contributed by atoms with Crippen LogP contribution in [0.2, 0.25) is 0 Å². The Bertz CT molecular complexity index is 366. The summed E-state index contributed by atoms with van der Waals surface area (Å²) in [6.07, 6.45) is 0. The average molecular weight is 288 g/mol. The van der Waals surface area contributed by atoms with Crippen molar-refractivity contribution in [2.24, 2.45) is 11.7 Å². The highest BCUT2D eigenvalue weighted by Crippen LogP contribution is 2.26. The normalized spacial score (nSPS) is 10.4. The summed E-state index contributed by atoms with van der Waals surface area (Å²) in [6, 6.07) is 5.68. The Hall–Kier alpha value is -0.610. The molecule has 0 unspecified atom stereocenters. The number of hydrogen-bond donors (Lipinski definition) is 1. The van der Waals surface area contributed by atoms with Gasteiger partial charge in [-0.1, -0.05) is 32.1 Å². The lowest BCUT2D eigenvalue weighted by Crippen LogP contribution is -2.14. The summed E-state index contributed by atoms with van der Waals surface area (Å²) in [5.41, 5.74) is 6.41. The molecule has 0 aromatic heterocycles. The van der Waals surface area contributed by atoms with Crippen molar-refractivity contribution >= 4 is 33.1 Å². The minimum absolute atomic E-state index is 0.348. The van der Waals surface area contributed by atoms with Crippen molar-refractivity contribution in [3.8, 4) is 5.75 Å². The fourth-order valence-corrected chi connectivity index (χ4v) is 2.02. The number of halogens is 1. The summed E-state index contributed by atoms with van der Waals surface area (Å²) in [5.74, 6) is 1.22. The molecular weight excluding hydrogens is 274 g/mol. The Labute approximate surface area is 104 Å². The van der Waals surface area contributed by atoms with Crippen molar-refractivity contribution in [1.29, 1.82) is 0 Å². The molecule has 1 aromatic carbocycles. The van der Waals surface area contributed by atoms with Crippen molar-refractivity contribution in [2.75, 3.05) is 6.61 Å². The predicted octanol–water partition coefficient (Wildman–Crippen LogP) is 3.12. The van der Waals surface area contributed by atoms with Crippen LogP contribution in [0.15, 0.2) is 22.7 Å². The maximum atomic E-state index is 5.64. The van der Waals surface area contributed by atoms with Gasteiger partial charge in [0.25, 0.3) is 0 Å². The van der Waals surface area contributed by atoms with Crippen LogP contribution in [0.4, 0.5) is 0 Å². The van der Waals surface area contributed by atoms with Gasteiger partial charge in [0.1, 0.15) is 10.7 Å². The predicted molar refractivity (Wildman–Crippen MR) is 70.4 cm³/mol. The van der Waals surface area contributed by atoms with Crippen LogP contribution >= 0.6 is 28.1 Å². The molecular formula is C11H14BrNOS. The van der Waals surface area contributed by atoms with E-state index in [1.807, 2.05) is 18.2 Å². The lowest BCUT2D eigenvalue weighted by molar-refractivity contribution is 0.270. The van der Waals surface area contributed by atoms with Crippen LogP contribution in [0, 0.1) is 5.92 Å². The number of thiocarbonyl (C=S) groups is 1. The number of hydrogen-bond acceptors (Lipinski definition) is 2. The van der Waals surface area contributed by atoms with Crippen LogP contribution in [0.3, 0.4) is 0 Å². The second kappa shape index (κ2) is 5.47. The summed E-state index contributed by atoms with van der Waals surface area (Å²) in [7, 11) is 0. The van der Waals surface area contributed by atoms with Gasteiger partial charge in [0.15, 0.2) is 0 Å². The Kier molecular flexibility index (Phi) is 4.54. The molecule has 1 aromatic rings. The molecule has 0 amide bonds. The number of nitrogens with two attached hydrogens (primary N) is 1. The maximum absolute atomic E-state index is 5.64. The minimum Gasteiger partial charge on any atom is -0.493 e. The van der Waals surface area contributed by atoms with Crippen molar-refractivity contribution < 1.29 is 4.74 Å². The molecule has 82 valence electrons. The topological polar surface area (TPSA) is 35.2 Å². The molecule has 0 atom stereocenters. The van der Waals surface area contributed by atoms with E-state index in [9.17, 15) is 0 Å². The largest absolute Gasteiger partial charge is 0.493 e. The molecule has 1 rings (SSSR count). The third-order valence-corrected chi connectivity index (χ3v) is 2.66. The number of rotatable bonds is 4. The van der Waals surface area contributed by atoms with Crippen LogP contribution < -0.4 is 10.5 Å². The summed E-state index contributed by atoms with van der Waals surface area (Å²) in [4.78, 5) is 0.348. The molecule has 0 aliphatic rings. The third kappa shape index (κ3) is 3.47. The summed E-state index contributed by atoms with van der Waals surface area (Å²) in [6.45, 7) is 4.85. The number of ether oxygens (including phenoxy) is 1. The van der Waals surface area contributed by atoms with Gasteiger partial charge in [-0.05, 0) is 34.0 Å². The Balaban J connectivity index is 2.96. The minimum atomic E-state index is 0.348. The highest BCUT2D eigenvalue weighted by Gasteiger charge is 2.10. The lowest BCUT2D eigenvalue weighted by Gasteiger charge is -2.13. The van der Waals surface area contributed by atoms with Crippen LogP contribution in [0.1, 0.15) is 19.4 Å². The summed E-state index contributed by atoms with van der Waals surface area (Å²) in [5, 5.41) is 0. The molecule has 0 aliphatic carbocycles. The first kappa shape index (κ1) is 12.5. The molecule has 0 spiro atoms. The fourth-order valence-electron chi connectivity index (χ4n) is 1.12. The molecule has 2 nitrogen and oxygen atoms in total. The molecule has 15 heavy (non-hydrogen) atoms. The number of benzene rings is 1. The highest BCUT2D eigenvalue weighted by molar-refractivity contribution is 9.10. The van der Waals surface area contributed by atoms with E-state index in [-0.39, 0.29) is 0 Å². The van der Waals surface area contributed by atoms with Crippen molar-refractivity contribution in [1.82, 2.24) is 0 Å². The SMILES string of the molecule is CC(C)COc1cccc(Br)c1C(N)=S. The molecule has 0 aliphatic heterocycles. The van der Waals surface area contributed by atoms with Crippen molar-refractivity contribution in [2.45, 2.75) is 13.8 Å². The van der Waals surface area contributed by atoms with E-state index >= 15 is 0 Å². The molecule has 0 fully saturated rings. The van der Waals surface area contributed by atoms with Crippen LogP contribution in [0.5, 0.6) is 5.75 Å². The van der Waals surface area contributed by atoms with Crippen LogP contribution in [-0.4, -0.2) is 11.6 Å². The molecule has 0 bridgehead atoms. The molecule has 2 N–H and O–H groups in total. The third-order valence-electron chi connectivity index (χ3n) is 1.79. The first-order valence-electron chi connectivity index (χ1n) is 4.73. The Morgan fingerprint density at radius 3 is 2.73 bits per heavy atom. The van der Waals surface area contributed by atoms with Gasteiger partial charge in [-0.3, -0.25) is 0 Å². The highest BCUT2D eigenvalue weighted by atomic mass is 79.9. The zero-order valence-corrected chi connectivity index (χ0v) is 11.2.